The van der Waals surface area contributed by atoms with Crippen LogP contribution in [-0.4, -0.2) is 35.1 Å². The van der Waals surface area contributed by atoms with E-state index in [1.54, 1.807) is 0 Å². The third-order valence-corrected chi connectivity index (χ3v) is 5.03. The van der Waals surface area contributed by atoms with Crippen LogP contribution in [0.5, 0.6) is 0 Å². The molecule has 1 amide bonds. The number of hydrogen-bond donors (Lipinski definition) is 1. The van der Waals surface area contributed by atoms with E-state index in [4.69, 9.17) is 34.8 Å². The van der Waals surface area contributed by atoms with Crippen molar-refractivity contribution in [3.8, 4) is 0 Å². The van der Waals surface area contributed by atoms with Gasteiger partial charge in [-0.15, -0.1) is 0 Å². The molecule has 2 aromatic rings. The van der Waals surface area contributed by atoms with Gasteiger partial charge in [-0.1, -0.05) is 59.1 Å². The number of alkyl halides is 3. The van der Waals surface area contributed by atoms with E-state index in [0.29, 0.717) is 4.90 Å². The molecule has 0 spiro atoms. The van der Waals surface area contributed by atoms with Crippen molar-refractivity contribution in [2.75, 3.05) is 7.05 Å². The number of likely N-dealkylation sites (N-methyl/N-ethyl adjacent to an activating group) is 1. The fourth-order valence-corrected chi connectivity index (χ4v) is 3.60. The minimum Gasteiger partial charge on any atom is -0.479 e. The van der Waals surface area contributed by atoms with E-state index in [2.05, 4.69) is 0 Å². The van der Waals surface area contributed by atoms with Crippen LogP contribution in [0.2, 0.25) is 15.1 Å². The maximum Gasteiger partial charge on any atom is 0.404 e. The lowest BCUT2D eigenvalue weighted by Gasteiger charge is -2.31. The van der Waals surface area contributed by atoms with E-state index >= 15 is 0 Å². The molecule has 0 saturated heterocycles. The van der Waals surface area contributed by atoms with Crippen LogP contribution in [0.15, 0.2) is 42.5 Å². The second-order valence-corrected chi connectivity index (χ2v) is 7.04. The number of amides is 1. The summed E-state index contributed by atoms with van der Waals surface area (Å²) in [7, 11) is 0.952. The maximum absolute atomic E-state index is 13.8. The third-order valence-electron chi connectivity index (χ3n) is 4.03. The molecule has 0 saturated carbocycles. The van der Waals surface area contributed by atoms with Gasteiger partial charge in [-0.2, -0.15) is 13.2 Å². The lowest BCUT2D eigenvalue weighted by molar-refractivity contribution is -0.175. The summed E-state index contributed by atoms with van der Waals surface area (Å²) in [6.07, 6.45) is -5.07. The van der Waals surface area contributed by atoms with Crippen LogP contribution in [-0.2, 0) is 9.59 Å². The summed E-state index contributed by atoms with van der Waals surface area (Å²) in [4.78, 5) is 25.0. The van der Waals surface area contributed by atoms with E-state index in [1.807, 2.05) is 0 Å². The van der Waals surface area contributed by atoms with Gasteiger partial charge < -0.3 is 10.0 Å². The summed E-state index contributed by atoms with van der Waals surface area (Å²) in [5.74, 6) is -5.83. The zero-order valence-corrected chi connectivity index (χ0v) is 16.4. The lowest BCUT2D eigenvalue weighted by Crippen LogP contribution is -2.43. The van der Waals surface area contributed by atoms with Crippen LogP contribution >= 0.6 is 34.8 Å². The van der Waals surface area contributed by atoms with Crippen molar-refractivity contribution in [3.63, 3.8) is 0 Å². The molecule has 0 aliphatic carbocycles. The summed E-state index contributed by atoms with van der Waals surface area (Å²) in [5.41, 5.74) is -0.669. The minimum atomic E-state index is -5.07. The molecule has 1 N–H and O–H groups in total. The minimum absolute atomic E-state index is 0.00566. The van der Waals surface area contributed by atoms with Crippen molar-refractivity contribution in [1.82, 2.24) is 4.90 Å². The normalized spacial score (nSPS) is 13.7. The van der Waals surface area contributed by atoms with Crippen molar-refractivity contribution in [2.45, 2.75) is 18.1 Å². The quantitative estimate of drug-likeness (QED) is 0.642. The standard InChI is InChI=1S/C18H13Cl3F3NO3/c1-25(15(17(27)28)9-5-2-3-6-10(9)19)16(26)14(18(22,23)24)13-11(20)7-4-8-12(13)21/h2-8,14-15H,1H3,(H,27,28). The van der Waals surface area contributed by atoms with Gasteiger partial charge in [-0.3, -0.25) is 4.79 Å². The highest BCUT2D eigenvalue weighted by Crippen LogP contribution is 2.43. The van der Waals surface area contributed by atoms with Crippen LogP contribution < -0.4 is 0 Å². The maximum atomic E-state index is 13.8. The Morgan fingerprint density at radius 3 is 1.93 bits per heavy atom. The molecule has 2 rings (SSSR count). The van der Waals surface area contributed by atoms with E-state index in [0.717, 1.165) is 19.2 Å². The Morgan fingerprint density at radius 2 is 1.46 bits per heavy atom. The van der Waals surface area contributed by atoms with E-state index in [1.165, 1.54) is 30.3 Å². The Hall–Kier alpha value is -1.96. The Kier molecular flexibility index (Phi) is 6.85. The summed E-state index contributed by atoms with van der Waals surface area (Å²) >= 11 is 17.7. The van der Waals surface area contributed by atoms with Crippen molar-refractivity contribution in [3.05, 3.63) is 68.7 Å². The zero-order valence-electron chi connectivity index (χ0n) is 14.2. The number of nitrogens with zero attached hydrogens (tertiary/aromatic N) is 1. The fourth-order valence-electron chi connectivity index (χ4n) is 2.75. The average molecular weight is 455 g/mol. The molecular weight excluding hydrogens is 442 g/mol. The molecule has 10 heteroatoms. The first kappa shape index (κ1) is 22.3. The Balaban J connectivity index is 2.57. The predicted molar refractivity (Wildman–Crippen MR) is 99.9 cm³/mol. The van der Waals surface area contributed by atoms with Gasteiger partial charge in [0.15, 0.2) is 12.0 Å². The Labute approximate surface area is 173 Å². The molecule has 0 radical (unpaired) electrons. The van der Waals surface area contributed by atoms with Crippen molar-refractivity contribution < 1.29 is 27.9 Å². The summed E-state index contributed by atoms with van der Waals surface area (Å²) in [6.45, 7) is 0. The first-order valence-corrected chi connectivity index (χ1v) is 8.84. The highest BCUT2D eigenvalue weighted by atomic mass is 35.5. The third kappa shape index (κ3) is 4.54. The van der Waals surface area contributed by atoms with Gasteiger partial charge in [-0.05, 0) is 18.2 Å². The van der Waals surface area contributed by atoms with Gasteiger partial charge in [0.25, 0.3) is 0 Å². The molecule has 0 aliphatic rings. The molecule has 0 aromatic heterocycles. The highest BCUT2D eigenvalue weighted by molar-refractivity contribution is 6.36. The van der Waals surface area contributed by atoms with Gasteiger partial charge in [0, 0.05) is 33.2 Å². The monoisotopic (exact) mass is 453 g/mol. The number of hydrogen-bond acceptors (Lipinski definition) is 2. The Morgan fingerprint density at radius 1 is 0.964 bits per heavy atom. The van der Waals surface area contributed by atoms with Crippen LogP contribution in [0.1, 0.15) is 23.1 Å². The van der Waals surface area contributed by atoms with E-state index in [-0.39, 0.29) is 20.6 Å². The number of carboxylic acids is 1. The summed E-state index contributed by atoms with van der Waals surface area (Å²) < 4.78 is 41.4. The molecule has 4 nitrogen and oxygen atoms in total. The molecule has 0 aliphatic heterocycles. The second kappa shape index (κ2) is 8.59. The number of rotatable bonds is 5. The molecule has 150 valence electrons. The Bertz CT molecular complexity index is 885. The van der Waals surface area contributed by atoms with Crippen molar-refractivity contribution in [1.29, 1.82) is 0 Å². The number of carbonyl (C=O) groups excluding carboxylic acids is 1. The summed E-state index contributed by atoms with van der Waals surface area (Å²) in [6, 6.07) is 7.59. The van der Waals surface area contributed by atoms with Gasteiger partial charge in [-0.25, -0.2) is 4.79 Å². The van der Waals surface area contributed by atoms with Crippen LogP contribution in [0.4, 0.5) is 13.2 Å². The van der Waals surface area contributed by atoms with Crippen LogP contribution in [0.25, 0.3) is 0 Å². The zero-order chi connectivity index (χ0) is 21.2. The van der Waals surface area contributed by atoms with Gasteiger partial charge in [0.1, 0.15) is 0 Å². The van der Waals surface area contributed by atoms with Crippen molar-refractivity contribution in [2.24, 2.45) is 0 Å². The number of carbonyl (C=O) groups is 2. The van der Waals surface area contributed by atoms with Crippen molar-refractivity contribution >= 4 is 46.7 Å². The predicted octanol–water partition coefficient (Wildman–Crippen LogP) is 5.58. The number of halogens is 6. The van der Waals surface area contributed by atoms with Gasteiger partial charge in [0.05, 0.1) is 0 Å². The highest BCUT2D eigenvalue weighted by Gasteiger charge is 2.50. The molecule has 0 heterocycles. The molecule has 2 atom stereocenters. The first-order valence-electron chi connectivity index (χ1n) is 7.71. The topological polar surface area (TPSA) is 57.6 Å². The largest absolute Gasteiger partial charge is 0.479 e. The van der Waals surface area contributed by atoms with Gasteiger partial charge in [0.2, 0.25) is 5.91 Å². The lowest BCUT2D eigenvalue weighted by atomic mass is 9.95. The number of benzene rings is 2. The summed E-state index contributed by atoms with van der Waals surface area (Å²) in [5, 5.41) is 8.82. The molecule has 2 unspecified atom stereocenters. The second-order valence-electron chi connectivity index (χ2n) is 5.82. The molecule has 2 aromatic carbocycles. The molecular formula is C18H13Cl3F3NO3. The molecule has 0 bridgehead atoms. The smallest absolute Gasteiger partial charge is 0.404 e. The first-order chi connectivity index (χ1) is 13.0. The SMILES string of the molecule is CN(C(=O)C(c1c(Cl)cccc1Cl)C(F)(F)F)C(C(=O)O)c1ccccc1Cl. The van der Waals surface area contributed by atoms with E-state index in [9.17, 15) is 27.9 Å². The number of aliphatic carboxylic acids is 1. The fraction of sp³-hybridized carbons (Fsp3) is 0.222. The molecule has 0 fully saturated rings. The van der Waals surface area contributed by atoms with E-state index < -0.39 is 35.6 Å². The van der Waals surface area contributed by atoms with Crippen LogP contribution in [0, 0.1) is 0 Å². The van der Waals surface area contributed by atoms with Crippen LogP contribution in [0.3, 0.4) is 0 Å². The molecule has 28 heavy (non-hydrogen) atoms. The number of carboxylic acid groups (broad SMARTS) is 1. The average Bonchev–Trinajstić information content (AvgIpc) is 2.58. The van der Waals surface area contributed by atoms with Gasteiger partial charge >= 0.3 is 12.1 Å².